The lowest BCUT2D eigenvalue weighted by atomic mass is 9.83. The third-order valence-electron chi connectivity index (χ3n) is 6.71. The molecule has 5 rings (SSSR count). The highest BCUT2D eigenvalue weighted by Crippen LogP contribution is 2.39. The van der Waals surface area contributed by atoms with Crippen LogP contribution in [0, 0.1) is 19.8 Å². The van der Waals surface area contributed by atoms with Crippen LogP contribution in [0.2, 0.25) is 5.02 Å². The minimum absolute atomic E-state index is 0.0390. The quantitative estimate of drug-likeness (QED) is 0.634. The molecule has 2 bridgehead atoms. The molecule has 156 valence electrons. The number of hydrogen-bond donors (Lipinski definition) is 1. The SMILES string of the molecule is Cc1c(C)c2cc(Cl)c(O)c(CN3CC4CC(C3)c3cccc(=O)n3C4)c2oc1=O. The molecule has 30 heavy (non-hydrogen) atoms. The van der Waals surface area contributed by atoms with Crippen molar-refractivity contribution in [2.75, 3.05) is 13.1 Å². The Balaban J connectivity index is 1.55. The van der Waals surface area contributed by atoms with Crippen LogP contribution in [0.5, 0.6) is 5.75 Å². The van der Waals surface area contributed by atoms with Gasteiger partial charge in [-0.25, -0.2) is 4.79 Å². The highest BCUT2D eigenvalue weighted by atomic mass is 35.5. The zero-order chi connectivity index (χ0) is 21.2. The van der Waals surface area contributed by atoms with Crippen molar-refractivity contribution in [2.24, 2.45) is 5.92 Å². The molecule has 2 aliphatic rings. The van der Waals surface area contributed by atoms with E-state index in [9.17, 15) is 14.7 Å². The van der Waals surface area contributed by atoms with Crippen molar-refractivity contribution >= 4 is 22.6 Å². The van der Waals surface area contributed by atoms with Crippen molar-refractivity contribution in [1.29, 1.82) is 0 Å². The van der Waals surface area contributed by atoms with Crippen molar-refractivity contribution in [3.8, 4) is 5.75 Å². The smallest absolute Gasteiger partial charge is 0.339 e. The van der Waals surface area contributed by atoms with Crippen LogP contribution in [0.15, 0.2) is 38.3 Å². The average Bonchev–Trinajstić information content (AvgIpc) is 2.72. The van der Waals surface area contributed by atoms with Gasteiger partial charge >= 0.3 is 5.63 Å². The van der Waals surface area contributed by atoms with Crippen molar-refractivity contribution in [2.45, 2.75) is 39.3 Å². The molecule has 1 N–H and O–H groups in total. The van der Waals surface area contributed by atoms with Gasteiger partial charge in [-0.1, -0.05) is 17.7 Å². The van der Waals surface area contributed by atoms with Gasteiger partial charge in [0.2, 0.25) is 0 Å². The zero-order valence-electron chi connectivity index (χ0n) is 16.9. The third-order valence-corrected chi connectivity index (χ3v) is 6.99. The number of fused-ring (bicyclic) bond motifs is 5. The first-order valence-electron chi connectivity index (χ1n) is 10.2. The Labute approximate surface area is 178 Å². The Morgan fingerprint density at radius 2 is 1.97 bits per heavy atom. The van der Waals surface area contributed by atoms with Crippen molar-refractivity contribution in [3.63, 3.8) is 0 Å². The van der Waals surface area contributed by atoms with Crippen molar-refractivity contribution in [3.05, 3.63) is 72.4 Å². The summed E-state index contributed by atoms with van der Waals surface area (Å²) in [5.41, 5.74) is 3.04. The van der Waals surface area contributed by atoms with Gasteiger partial charge in [-0.3, -0.25) is 9.69 Å². The normalized spacial score (nSPS) is 21.0. The average molecular weight is 427 g/mol. The van der Waals surface area contributed by atoms with Crippen LogP contribution in [-0.2, 0) is 13.1 Å². The number of aryl methyl sites for hydroxylation is 1. The van der Waals surface area contributed by atoms with Crippen molar-refractivity contribution in [1.82, 2.24) is 9.47 Å². The maximum absolute atomic E-state index is 12.3. The topological polar surface area (TPSA) is 75.7 Å². The predicted octanol–water partition coefficient (Wildman–Crippen LogP) is 3.55. The van der Waals surface area contributed by atoms with Crippen LogP contribution in [0.4, 0.5) is 0 Å². The van der Waals surface area contributed by atoms with E-state index >= 15 is 0 Å². The Hall–Kier alpha value is -2.57. The van der Waals surface area contributed by atoms with Gasteiger partial charge in [0, 0.05) is 54.8 Å². The second-order valence-corrected chi connectivity index (χ2v) is 9.00. The molecule has 3 aromatic rings. The lowest BCUT2D eigenvalue weighted by Gasteiger charge is -2.42. The lowest BCUT2D eigenvalue weighted by Crippen LogP contribution is -2.46. The number of halogens is 1. The number of rotatable bonds is 2. The molecule has 0 saturated carbocycles. The highest BCUT2D eigenvalue weighted by Gasteiger charge is 2.35. The van der Waals surface area contributed by atoms with E-state index in [1.54, 1.807) is 19.1 Å². The van der Waals surface area contributed by atoms with Crippen LogP contribution in [0.25, 0.3) is 11.0 Å². The molecule has 0 aliphatic carbocycles. The zero-order valence-corrected chi connectivity index (χ0v) is 17.7. The molecule has 2 aliphatic heterocycles. The Kier molecular flexibility index (Phi) is 4.52. The molecular weight excluding hydrogens is 404 g/mol. The summed E-state index contributed by atoms with van der Waals surface area (Å²) >= 11 is 6.33. The molecule has 7 heteroatoms. The van der Waals surface area contributed by atoms with E-state index in [0.29, 0.717) is 35.7 Å². The number of aromatic nitrogens is 1. The Morgan fingerprint density at radius 1 is 1.17 bits per heavy atom. The van der Waals surface area contributed by atoms with Gasteiger partial charge in [-0.15, -0.1) is 0 Å². The van der Waals surface area contributed by atoms with E-state index in [1.165, 1.54) is 0 Å². The second kappa shape index (κ2) is 7.00. The molecule has 4 heterocycles. The lowest BCUT2D eigenvalue weighted by molar-refractivity contribution is 0.113. The molecule has 2 aromatic heterocycles. The number of likely N-dealkylation sites (tertiary alicyclic amines) is 1. The maximum Gasteiger partial charge on any atom is 0.339 e. The number of nitrogens with zero attached hydrogens (tertiary/aromatic N) is 2. The summed E-state index contributed by atoms with van der Waals surface area (Å²) in [5.74, 6) is 0.581. The van der Waals surface area contributed by atoms with Gasteiger partial charge in [0.05, 0.1) is 10.6 Å². The first-order chi connectivity index (χ1) is 14.3. The standard InChI is InChI=1S/C23H23ClN2O4/c1-12-13(2)23(29)30-22-16(12)7-18(24)21(28)17(22)11-25-8-14-6-15(10-25)19-4-3-5-20(27)26(19)9-14/h3-5,7,14-15,28H,6,8-11H2,1-2H3. The number of pyridine rings is 1. The van der Waals surface area contributed by atoms with Gasteiger partial charge < -0.3 is 14.1 Å². The van der Waals surface area contributed by atoms with E-state index in [2.05, 4.69) is 4.90 Å². The van der Waals surface area contributed by atoms with Gasteiger partial charge in [0.15, 0.2) is 0 Å². The molecule has 1 saturated heterocycles. The van der Waals surface area contributed by atoms with Gasteiger partial charge in [-0.05, 0) is 43.9 Å². The molecule has 6 nitrogen and oxygen atoms in total. The number of aromatic hydroxyl groups is 1. The van der Waals surface area contributed by atoms with Gasteiger partial charge in [-0.2, -0.15) is 0 Å². The second-order valence-electron chi connectivity index (χ2n) is 8.59. The van der Waals surface area contributed by atoms with Gasteiger partial charge in [0.25, 0.3) is 5.56 Å². The number of benzene rings is 1. The summed E-state index contributed by atoms with van der Waals surface area (Å²) in [5, 5.41) is 11.7. The van der Waals surface area contributed by atoms with Crippen LogP contribution in [-0.4, -0.2) is 27.7 Å². The van der Waals surface area contributed by atoms with Crippen LogP contribution < -0.4 is 11.2 Å². The highest BCUT2D eigenvalue weighted by molar-refractivity contribution is 6.33. The first-order valence-corrected chi connectivity index (χ1v) is 10.6. The Morgan fingerprint density at radius 3 is 2.77 bits per heavy atom. The van der Waals surface area contributed by atoms with Crippen molar-refractivity contribution < 1.29 is 9.52 Å². The number of phenolic OH excluding ortho intramolecular Hbond substituents is 1. The van der Waals surface area contributed by atoms with E-state index in [1.807, 2.05) is 23.6 Å². The van der Waals surface area contributed by atoms with E-state index in [4.69, 9.17) is 16.0 Å². The summed E-state index contributed by atoms with van der Waals surface area (Å²) in [6.07, 6.45) is 1.05. The first kappa shape index (κ1) is 19.4. The molecule has 0 amide bonds. The Bertz CT molecular complexity index is 1290. The van der Waals surface area contributed by atoms with Crippen LogP contribution in [0.3, 0.4) is 0 Å². The number of piperidine rings is 1. The fourth-order valence-electron chi connectivity index (χ4n) is 5.09. The predicted molar refractivity (Wildman–Crippen MR) is 115 cm³/mol. The van der Waals surface area contributed by atoms with Crippen LogP contribution in [0.1, 0.15) is 34.7 Å². The molecule has 0 spiro atoms. The van der Waals surface area contributed by atoms with Gasteiger partial charge in [0.1, 0.15) is 11.3 Å². The summed E-state index contributed by atoms with van der Waals surface area (Å²) in [6, 6.07) is 7.13. The summed E-state index contributed by atoms with van der Waals surface area (Å²) in [6.45, 7) is 6.30. The molecular formula is C23H23ClN2O4. The molecule has 1 fully saturated rings. The molecule has 0 radical (unpaired) electrons. The fourth-order valence-corrected chi connectivity index (χ4v) is 5.31. The minimum atomic E-state index is -0.396. The largest absolute Gasteiger partial charge is 0.506 e. The molecule has 1 aromatic carbocycles. The molecule has 2 atom stereocenters. The summed E-state index contributed by atoms with van der Waals surface area (Å²) < 4.78 is 7.50. The fraction of sp³-hybridized carbons (Fsp3) is 0.391. The van der Waals surface area contributed by atoms with Crippen LogP contribution >= 0.6 is 11.6 Å². The summed E-state index contributed by atoms with van der Waals surface area (Å²) in [7, 11) is 0. The van der Waals surface area contributed by atoms with E-state index in [0.717, 1.165) is 36.2 Å². The number of phenols is 1. The van der Waals surface area contributed by atoms with E-state index in [-0.39, 0.29) is 22.2 Å². The molecule has 2 unspecified atom stereocenters. The minimum Gasteiger partial charge on any atom is -0.506 e. The summed E-state index contributed by atoms with van der Waals surface area (Å²) in [4.78, 5) is 26.8. The van der Waals surface area contributed by atoms with E-state index < -0.39 is 5.63 Å². The monoisotopic (exact) mass is 426 g/mol. The third kappa shape index (κ3) is 2.97. The number of hydrogen-bond acceptors (Lipinski definition) is 5. The maximum atomic E-state index is 12.3.